The van der Waals surface area contributed by atoms with Crippen LogP contribution in [0.15, 0.2) is 79.2 Å². The number of aromatic nitrogens is 1. The quantitative estimate of drug-likeness (QED) is 0.139. The van der Waals surface area contributed by atoms with Crippen LogP contribution in [0.1, 0.15) is 61.4 Å². The first kappa shape index (κ1) is 38.7. The summed E-state index contributed by atoms with van der Waals surface area (Å²) < 4.78 is 19.8. The molecule has 0 spiro atoms. The summed E-state index contributed by atoms with van der Waals surface area (Å²) in [7, 11) is 0. The van der Waals surface area contributed by atoms with Gasteiger partial charge in [0.25, 0.3) is 0 Å². The van der Waals surface area contributed by atoms with E-state index in [2.05, 4.69) is 59.4 Å². The molecule has 1 fully saturated rings. The van der Waals surface area contributed by atoms with Crippen molar-refractivity contribution in [2.24, 2.45) is 5.41 Å². The van der Waals surface area contributed by atoms with Crippen molar-refractivity contribution in [3.05, 3.63) is 107 Å². The van der Waals surface area contributed by atoms with E-state index in [-0.39, 0.29) is 25.9 Å². The Kier molecular flexibility index (Phi) is 12.5. The number of benzene rings is 2. The van der Waals surface area contributed by atoms with Crippen molar-refractivity contribution in [3.8, 4) is 17.6 Å². The lowest BCUT2D eigenvalue weighted by atomic mass is 9.65. The van der Waals surface area contributed by atoms with Gasteiger partial charge >= 0.3 is 5.97 Å². The van der Waals surface area contributed by atoms with E-state index in [9.17, 15) is 25.4 Å². The van der Waals surface area contributed by atoms with Gasteiger partial charge in [-0.2, -0.15) is 5.26 Å². The van der Waals surface area contributed by atoms with Crippen LogP contribution in [0.5, 0.6) is 11.5 Å². The van der Waals surface area contributed by atoms with Gasteiger partial charge in [0.1, 0.15) is 41.9 Å². The number of aliphatic hydroxyl groups excluding tert-OH is 2. The zero-order valence-corrected chi connectivity index (χ0v) is 30.5. The summed E-state index contributed by atoms with van der Waals surface area (Å²) in [4.78, 5) is 18.3. The highest BCUT2D eigenvalue weighted by Gasteiger charge is 2.49. The van der Waals surface area contributed by atoms with Crippen molar-refractivity contribution < 1.29 is 34.3 Å². The van der Waals surface area contributed by atoms with Crippen molar-refractivity contribution >= 4 is 11.5 Å². The largest absolute Gasteiger partial charge is 0.490 e. The molecule has 1 saturated heterocycles. The lowest BCUT2D eigenvalue weighted by molar-refractivity contribution is -0.145. The Morgan fingerprint density at radius 1 is 1.17 bits per heavy atom. The first-order valence-electron chi connectivity index (χ1n) is 17.7. The molecule has 2 unspecified atom stereocenters. The number of hydrogen-bond acceptors (Lipinski definition) is 10. The number of β-amino-alcohol motifs (C(OH)–C–C–N with tert-alkyl or cyclic N) is 1. The van der Waals surface area contributed by atoms with E-state index >= 15 is 0 Å². The van der Waals surface area contributed by atoms with Gasteiger partial charge in [-0.1, -0.05) is 56.3 Å². The summed E-state index contributed by atoms with van der Waals surface area (Å²) in [5.74, 6) is -0.177. The predicted octanol–water partition coefficient (Wildman–Crippen LogP) is 5.04. The van der Waals surface area contributed by atoms with Gasteiger partial charge in [0.2, 0.25) is 0 Å². The third-order valence-electron chi connectivity index (χ3n) is 10.3. The van der Waals surface area contributed by atoms with E-state index in [0.717, 1.165) is 42.6 Å². The maximum absolute atomic E-state index is 11.9. The van der Waals surface area contributed by atoms with Crippen molar-refractivity contribution in [2.75, 3.05) is 39.5 Å². The fraction of sp³-hybridized carbons (Fsp3) is 0.439. The number of carboxylic acids is 1. The van der Waals surface area contributed by atoms with Crippen molar-refractivity contribution in [1.82, 2.24) is 15.2 Å². The molecule has 0 bridgehead atoms. The van der Waals surface area contributed by atoms with Crippen LogP contribution in [0.3, 0.4) is 0 Å². The Bertz CT molecular complexity index is 1800. The van der Waals surface area contributed by atoms with Gasteiger partial charge < -0.3 is 34.4 Å². The van der Waals surface area contributed by atoms with Crippen LogP contribution in [-0.4, -0.2) is 87.9 Å². The second kappa shape index (κ2) is 16.8. The van der Waals surface area contributed by atoms with E-state index in [0.29, 0.717) is 41.3 Å². The zero-order valence-electron chi connectivity index (χ0n) is 30.5. The molecule has 3 atom stereocenters. The average Bonchev–Trinajstić information content (AvgIpc) is 3.56. The van der Waals surface area contributed by atoms with Gasteiger partial charge in [-0.15, -0.1) is 0 Å². The summed E-state index contributed by atoms with van der Waals surface area (Å²) in [5.41, 5.74) is 1.90. The van der Waals surface area contributed by atoms with Crippen molar-refractivity contribution in [2.45, 2.75) is 70.9 Å². The van der Waals surface area contributed by atoms with E-state index in [1.54, 1.807) is 18.3 Å². The van der Waals surface area contributed by atoms with Gasteiger partial charge in [0.15, 0.2) is 0 Å². The Labute approximate surface area is 306 Å². The first-order chi connectivity index (χ1) is 24.9. The maximum Gasteiger partial charge on any atom is 0.326 e. The minimum Gasteiger partial charge on any atom is -0.490 e. The Morgan fingerprint density at radius 3 is 2.65 bits per heavy atom. The molecule has 4 N–H and O–H groups in total. The predicted molar refractivity (Wildman–Crippen MR) is 198 cm³/mol. The van der Waals surface area contributed by atoms with E-state index in [1.807, 2.05) is 37.3 Å². The van der Waals surface area contributed by atoms with Gasteiger partial charge in [0.05, 0.1) is 18.3 Å². The first-order valence-corrected chi connectivity index (χ1v) is 17.7. The van der Waals surface area contributed by atoms with E-state index in [4.69, 9.17) is 14.2 Å². The van der Waals surface area contributed by atoms with Crippen LogP contribution >= 0.6 is 0 Å². The number of rotatable bonds is 17. The second-order valence-corrected chi connectivity index (χ2v) is 14.4. The molecule has 2 aromatic carbocycles. The highest BCUT2D eigenvalue weighted by molar-refractivity contribution is 5.78. The average molecular weight is 711 g/mol. The molecule has 11 nitrogen and oxygen atoms in total. The monoisotopic (exact) mass is 710 g/mol. The lowest BCUT2D eigenvalue weighted by Crippen LogP contribution is -2.52. The fourth-order valence-corrected chi connectivity index (χ4v) is 6.73. The number of pyridine rings is 1. The van der Waals surface area contributed by atoms with Crippen molar-refractivity contribution in [1.29, 1.82) is 5.26 Å². The molecule has 0 radical (unpaired) electrons. The summed E-state index contributed by atoms with van der Waals surface area (Å²) >= 11 is 0. The summed E-state index contributed by atoms with van der Waals surface area (Å²) in [6.07, 6.45) is 10.7. The van der Waals surface area contributed by atoms with Crippen LogP contribution in [0.25, 0.3) is 5.57 Å². The molecule has 5 rings (SSSR count). The van der Waals surface area contributed by atoms with Gasteiger partial charge in [-0.3, -0.25) is 15.1 Å². The Hall–Kier alpha value is -4.57. The SMILES string of the molecule is Cc1cc(OCC2(OCCCN3CC[C@@H](O)C3)C=CC=C(c3ccccc3)C2(C)C)cc(OCc2cncc(C#N)c2)c1CNC(C)(CO)C(=O)O. The highest BCUT2D eigenvalue weighted by atomic mass is 16.5. The molecule has 0 saturated carbocycles. The molecule has 0 amide bonds. The summed E-state index contributed by atoms with van der Waals surface area (Å²) in [5, 5.41) is 41.9. The van der Waals surface area contributed by atoms with Crippen LogP contribution in [-0.2, 0) is 22.7 Å². The second-order valence-electron chi connectivity index (χ2n) is 14.4. The van der Waals surface area contributed by atoms with Crippen LogP contribution in [0, 0.1) is 23.7 Å². The molecule has 11 heteroatoms. The molecule has 3 aromatic rings. The van der Waals surface area contributed by atoms with E-state index in [1.165, 1.54) is 13.1 Å². The van der Waals surface area contributed by atoms with Crippen LogP contribution in [0.2, 0.25) is 0 Å². The normalized spacial score (nSPS) is 20.9. The molecule has 1 aliphatic carbocycles. The lowest BCUT2D eigenvalue weighted by Gasteiger charge is -2.47. The minimum absolute atomic E-state index is 0.101. The Balaban J connectivity index is 1.42. The molecular weight excluding hydrogens is 660 g/mol. The van der Waals surface area contributed by atoms with Gasteiger partial charge in [-0.05, 0) is 61.6 Å². The van der Waals surface area contributed by atoms with Crippen molar-refractivity contribution in [3.63, 3.8) is 0 Å². The molecule has 1 aliphatic heterocycles. The molecular formula is C41H50N4O7. The number of allylic oxidation sites excluding steroid dienone is 2. The smallest absolute Gasteiger partial charge is 0.326 e. The number of carboxylic acid groups (broad SMARTS) is 1. The fourth-order valence-electron chi connectivity index (χ4n) is 6.73. The Morgan fingerprint density at radius 2 is 1.96 bits per heavy atom. The van der Waals surface area contributed by atoms with Gasteiger partial charge in [0, 0.05) is 67.8 Å². The minimum atomic E-state index is -1.56. The number of aliphatic hydroxyl groups is 2. The number of hydrogen-bond donors (Lipinski definition) is 4. The number of likely N-dealkylation sites (tertiary alicyclic amines) is 1. The van der Waals surface area contributed by atoms with Gasteiger partial charge in [-0.25, -0.2) is 0 Å². The number of aryl methyl sites for hydroxylation is 1. The highest BCUT2D eigenvalue weighted by Crippen LogP contribution is 2.49. The number of nitriles is 1. The standard InChI is InChI=1S/C41H50N4O7/c1-29-18-34(20-37(35(29)24-44-40(4,27-46)38(48)49)50-26-31-19-30(21-42)22-43-23-31)51-28-41(52-17-9-15-45-16-13-33(47)25-45)14-8-12-36(39(41,2)3)32-10-6-5-7-11-32/h5-8,10-12,14,18-20,22-23,33,44,46-47H,9,13,15-17,24-28H2,1-4H3,(H,48,49)/t33-,40?,41?/m1/s1. The van der Waals surface area contributed by atoms with Crippen LogP contribution in [0.4, 0.5) is 0 Å². The zero-order chi connectivity index (χ0) is 37.4. The molecule has 276 valence electrons. The molecule has 52 heavy (non-hydrogen) atoms. The number of nitrogens with zero attached hydrogens (tertiary/aromatic N) is 3. The van der Waals surface area contributed by atoms with E-state index < -0.39 is 29.1 Å². The summed E-state index contributed by atoms with van der Waals surface area (Å²) in [6.45, 7) is 10.4. The third kappa shape index (κ3) is 8.89. The third-order valence-corrected chi connectivity index (χ3v) is 10.3. The number of carbonyl (C=O) groups is 1. The molecule has 2 aliphatic rings. The number of aliphatic carboxylic acids is 1. The number of nitrogens with one attached hydrogen (secondary N) is 1. The van der Waals surface area contributed by atoms with Crippen LogP contribution < -0.4 is 14.8 Å². The summed E-state index contributed by atoms with van der Waals surface area (Å²) in [6, 6.07) is 17.7. The number of ether oxygens (including phenoxy) is 3. The molecule has 2 heterocycles. The molecule has 1 aromatic heterocycles. The topological polar surface area (TPSA) is 157 Å². The maximum atomic E-state index is 11.9.